The smallest absolute Gasteiger partial charge is 0.419 e. The summed E-state index contributed by atoms with van der Waals surface area (Å²) in [5.41, 5.74) is -2.31. The Labute approximate surface area is 161 Å². The molecule has 1 N–H and O–H groups in total. The highest BCUT2D eigenvalue weighted by Crippen LogP contribution is 2.41. The van der Waals surface area contributed by atoms with Gasteiger partial charge in [-0.1, -0.05) is 13.8 Å². The lowest BCUT2D eigenvalue weighted by Crippen LogP contribution is -2.53. The number of fused-ring (bicyclic) bond motifs is 1. The van der Waals surface area contributed by atoms with Crippen LogP contribution in [0.2, 0.25) is 0 Å². The zero-order chi connectivity index (χ0) is 21.3. The fourth-order valence-electron chi connectivity index (χ4n) is 3.51. The van der Waals surface area contributed by atoms with Gasteiger partial charge in [0.2, 0.25) is 5.95 Å². The highest BCUT2D eigenvalue weighted by atomic mass is 19.4. The van der Waals surface area contributed by atoms with Crippen molar-refractivity contribution in [1.29, 1.82) is 0 Å². The van der Waals surface area contributed by atoms with Crippen molar-refractivity contribution in [2.45, 2.75) is 20.0 Å². The lowest BCUT2D eigenvalue weighted by atomic mass is 9.85. The molecule has 0 spiro atoms. The first kappa shape index (κ1) is 19.3. The normalized spacial score (nSPS) is 16.3. The number of alkyl halides is 3. The molecule has 6 nitrogen and oxygen atoms in total. The monoisotopic (exact) mass is 413 g/mol. The lowest BCUT2D eigenvalue weighted by Gasteiger charge is -2.45. The predicted octanol–water partition coefficient (Wildman–Crippen LogP) is 3.88. The molecule has 0 bridgehead atoms. The van der Waals surface area contributed by atoms with Crippen molar-refractivity contribution in [3.8, 4) is 17.0 Å². The maximum atomic E-state index is 14.5. The van der Waals surface area contributed by atoms with Gasteiger partial charge < -0.3 is 10.0 Å². The van der Waals surface area contributed by atoms with Crippen LogP contribution < -0.4 is 4.90 Å². The molecule has 3 heterocycles. The second-order valence-electron chi connectivity index (χ2n) is 7.85. The Kier molecular flexibility index (Phi) is 4.01. The van der Waals surface area contributed by atoms with Crippen LogP contribution in [0.15, 0.2) is 12.3 Å². The second-order valence-corrected chi connectivity index (χ2v) is 7.85. The van der Waals surface area contributed by atoms with Gasteiger partial charge in [0.1, 0.15) is 5.69 Å². The molecule has 1 aromatic carbocycles. The van der Waals surface area contributed by atoms with Crippen LogP contribution in [0.3, 0.4) is 0 Å². The number of hydrogen-bond acceptors (Lipinski definition) is 5. The number of nitrogens with zero attached hydrogens (tertiary/aromatic N) is 5. The van der Waals surface area contributed by atoms with E-state index in [2.05, 4.69) is 28.9 Å². The lowest BCUT2D eigenvalue weighted by molar-refractivity contribution is -0.140. The van der Waals surface area contributed by atoms with Gasteiger partial charge >= 0.3 is 6.18 Å². The average molecular weight is 413 g/mol. The van der Waals surface area contributed by atoms with Crippen molar-refractivity contribution in [2.75, 3.05) is 18.0 Å². The molecule has 154 valence electrons. The Morgan fingerprint density at radius 2 is 1.79 bits per heavy atom. The number of hydrogen-bond donors (Lipinski definition) is 1. The van der Waals surface area contributed by atoms with Crippen LogP contribution in [-0.2, 0) is 13.2 Å². The first-order chi connectivity index (χ1) is 13.4. The van der Waals surface area contributed by atoms with Gasteiger partial charge in [0, 0.05) is 31.9 Å². The summed E-state index contributed by atoms with van der Waals surface area (Å²) in [4.78, 5) is 10.5. The third-order valence-electron chi connectivity index (χ3n) is 4.83. The van der Waals surface area contributed by atoms with E-state index in [0.29, 0.717) is 5.95 Å². The van der Waals surface area contributed by atoms with Crippen molar-refractivity contribution in [2.24, 2.45) is 12.5 Å². The fraction of sp³-hybridized carbons (Fsp3) is 0.389. The SMILES string of the molecule is Cn1nc(-c2cc(C(F)(F)F)c(F)c(O)c2F)c2cnc(N3CC(C)(C)C3)nc21. The van der Waals surface area contributed by atoms with E-state index in [1.165, 1.54) is 17.9 Å². The summed E-state index contributed by atoms with van der Waals surface area (Å²) in [5, 5.41) is 13.8. The minimum absolute atomic E-state index is 0.124. The quantitative estimate of drug-likeness (QED) is 0.646. The summed E-state index contributed by atoms with van der Waals surface area (Å²) >= 11 is 0. The molecule has 3 aromatic rings. The van der Waals surface area contributed by atoms with Crippen LogP contribution in [0.25, 0.3) is 22.3 Å². The summed E-state index contributed by atoms with van der Waals surface area (Å²) in [7, 11) is 1.49. The summed E-state index contributed by atoms with van der Waals surface area (Å²) in [6.07, 6.45) is -3.79. The molecule has 0 saturated carbocycles. The van der Waals surface area contributed by atoms with Crippen LogP contribution >= 0.6 is 0 Å². The van der Waals surface area contributed by atoms with Crippen LogP contribution in [0.5, 0.6) is 5.75 Å². The Bertz CT molecular complexity index is 1130. The number of anilines is 1. The van der Waals surface area contributed by atoms with Gasteiger partial charge in [0.25, 0.3) is 0 Å². The van der Waals surface area contributed by atoms with Crippen molar-refractivity contribution in [3.05, 3.63) is 29.5 Å². The van der Waals surface area contributed by atoms with Crippen LogP contribution in [-0.4, -0.2) is 37.9 Å². The molecule has 0 unspecified atom stereocenters. The fourth-order valence-corrected chi connectivity index (χ4v) is 3.51. The van der Waals surface area contributed by atoms with Crippen molar-refractivity contribution in [3.63, 3.8) is 0 Å². The Morgan fingerprint density at radius 1 is 1.14 bits per heavy atom. The van der Waals surface area contributed by atoms with Gasteiger partial charge in [0.15, 0.2) is 23.0 Å². The highest BCUT2D eigenvalue weighted by molar-refractivity contribution is 5.91. The number of aryl methyl sites for hydroxylation is 1. The number of aromatic hydroxyl groups is 1. The number of phenolic OH excluding ortho intramolecular Hbond substituents is 1. The maximum Gasteiger partial charge on any atom is 0.419 e. The van der Waals surface area contributed by atoms with E-state index < -0.39 is 34.7 Å². The van der Waals surface area contributed by atoms with Gasteiger partial charge in [0.05, 0.1) is 10.9 Å². The molecule has 0 amide bonds. The Morgan fingerprint density at radius 3 is 2.38 bits per heavy atom. The summed E-state index contributed by atoms with van der Waals surface area (Å²) in [6, 6.07) is 0.290. The number of halogens is 5. The standard InChI is InChI=1S/C18H16F5N5O/c1-17(2)6-28(7-17)16-24-5-9-13(26-27(3)15(9)25-16)8-4-10(18(21,22)23)12(20)14(29)11(8)19/h4-5,29H,6-7H2,1-3H3. The topological polar surface area (TPSA) is 67.1 Å². The first-order valence-electron chi connectivity index (χ1n) is 8.62. The minimum Gasteiger partial charge on any atom is -0.503 e. The Balaban J connectivity index is 1.86. The predicted molar refractivity (Wildman–Crippen MR) is 94.3 cm³/mol. The largest absolute Gasteiger partial charge is 0.503 e. The van der Waals surface area contributed by atoms with E-state index in [4.69, 9.17) is 0 Å². The van der Waals surface area contributed by atoms with E-state index >= 15 is 0 Å². The molecule has 2 aromatic heterocycles. The van der Waals surface area contributed by atoms with Gasteiger partial charge in [-0.25, -0.2) is 18.4 Å². The van der Waals surface area contributed by atoms with E-state index in [1.54, 1.807) is 0 Å². The molecule has 1 saturated heterocycles. The summed E-state index contributed by atoms with van der Waals surface area (Å²) < 4.78 is 68.8. The van der Waals surface area contributed by atoms with Gasteiger partial charge in [-0.2, -0.15) is 23.3 Å². The van der Waals surface area contributed by atoms with E-state index in [-0.39, 0.29) is 28.2 Å². The minimum atomic E-state index is -5.12. The van der Waals surface area contributed by atoms with E-state index in [0.717, 1.165) is 13.1 Å². The number of phenols is 1. The average Bonchev–Trinajstić information content (AvgIpc) is 2.93. The number of rotatable bonds is 2. The van der Waals surface area contributed by atoms with Crippen LogP contribution in [0.4, 0.5) is 27.9 Å². The third-order valence-corrected chi connectivity index (χ3v) is 4.83. The molecule has 29 heavy (non-hydrogen) atoms. The van der Waals surface area contributed by atoms with E-state index in [9.17, 15) is 27.1 Å². The van der Waals surface area contributed by atoms with Gasteiger partial charge in [-0.05, 0) is 11.5 Å². The second kappa shape index (κ2) is 6.01. The molecule has 0 atom stereocenters. The zero-order valence-electron chi connectivity index (χ0n) is 15.6. The van der Waals surface area contributed by atoms with Crippen LogP contribution in [0.1, 0.15) is 19.4 Å². The van der Waals surface area contributed by atoms with E-state index in [1.807, 2.05) is 4.90 Å². The van der Waals surface area contributed by atoms with Gasteiger partial charge in [-0.3, -0.25) is 0 Å². The van der Waals surface area contributed by atoms with Crippen molar-refractivity contribution in [1.82, 2.24) is 19.7 Å². The number of aromatic nitrogens is 4. The summed E-state index contributed by atoms with van der Waals surface area (Å²) in [5.74, 6) is -4.90. The van der Waals surface area contributed by atoms with Gasteiger partial charge in [-0.15, -0.1) is 0 Å². The maximum absolute atomic E-state index is 14.5. The van der Waals surface area contributed by atoms with Crippen LogP contribution in [0, 0.1) is 17.0 Å². The third kappa shape index (κ3) is 3.04. The molecule has 0 radical (unpaired) electrons. The molecule has 0 aliphatic carbocycles. The van der Waals surface area contributed by atoms with Crippen molar-refractivity contribution >= 4 is 17.0 Å². The first-order valence-corrected chi connectivity index (χ1v) is 8.62. The molecule has 11 heteroatoms. The molecule has 1 fully saturated rings. The Hall–Kier alpha value is -2.98. The molecule has 4 rings (SSSR count). The zero-order valence-corrected chi connectivity index (χ0v) is 15.6. The molecular formula is C18H16F5N5O. The molecule has 1 aliphatic heterocycles. The molecule has 1 aliphatic rings. The number of benzene rings is 1. The molecular weight excluding hydrogens is 397 g/mol. The summed E-state index contributed by atoms with van der Waals surface area (Å²) in [6.45, 7) is 5.65. The van der Waals surface area contributed by atoms with Crippen molar-refractivity contribution < 1.29 is 27.1 Å². The highest BCUT2D eigenvalue weighted by Gasteiger charge is 2.39.